The van der Waals surface area contributed by atoms with E-state index in [0.717, 1.165) is 0 Å². The number of rotatable bonds is 3. The lowest BCUT2D eigenvalue weighted by molar-refractivity contribution is 0.102. The number of nitrogens with zero attached hydrogens (tertiary/aromatic N) is 3. The van der Waals surface area contributed by atoms with Crippen molar-refractivity contribution in [2.45, 2.75) is 0 Å². The van der Waals surface area contributed by atoms with Gasteiger partial charge in [-0.15, -0.1) is 0 Å². The Kier molecular flexibility index (Phi) is 3.83. The zero-order valence-electron chi connectivity index (χ0n) is 9.51. The van der Waals surface area contributed by atoms with Crippen molar-refractivity contribution in [2.75, 3.05) is 17.7 Å². The fourth-order valence-electron chi connectivity index (χ4n) is 1.26. The van der Waals surface area contributed by atoms with Crippen LogP contribution in [0.15, 0.2) is 35.3 Å². The first-order chi connectivity index (χ1) is 8.70. The lowest BCUT2D eigenvalue weighted by Crippen LogP contribution is -2.15. The lowest BCUT2D eigenvalue weighted by Gasteiger charge is -2.06. The molecule has 7 heteroatoms. The van der Waals surface area contributed by atoms with Crippen LogP contribution in [0.5, 0.6) is 0 Å². The molecule has 92 valence electrons. The van der Waals surface area contributed by atoms with Crippen LogP contribution in [0, 0.1) is 0 Å². The van der Waals surface area contributed by atoms with Gasteiger partial charge in [-0.2, -0.15) is 0 Å². The Hall–Kier alpha value is -2.02. The van der Waals surface area contributed by atoms with Gasteiger partial charge in [-0.3, -0.25) is 14.8 Å². The number of amides is 1. The summed E-state index contributed by atoms with van der Waals surface area (Å²) in [5, 5.41) is 5.55. The van der Waals surface area contributed by atoms with Gasteiger partial charge in [-0.1, -0.05) is 0 Å². The quantitative estimate of drug-likeness (QED) is 0.905. The van der Waals surface area contributed by atoms with E-state index < -0.39 is 0 Å². The molecule has 2 rings (SSSR count). The maximum absolute atomic E-state index is 12.0. The van der Waals surface area contributed by atoms with Gasteiger partial charge in [0, 0.05) is 19.4 Å². The minimum Gasteiger partial charge on any atom is -0.372 e. The van der Waals surface area contributed by atoms with Crippen molar-refractivity contribution in [1.82, 2.24) is 15.0 Å². The van der Waals surface area contributed by atoms with Crippen LogP contribution in [-0.2, 0) is 0 Å². The number of pyridine rings is 1. The van der Waals surface area contributed by atoms with Crippen molar-refractivity contribution >= 4 is 33.3 Å². The fraction of sp³-hybridized carbons (Fsp3) is 0.0909. The second-order valence-corrected chi connectivity index (χ2v) is 4.20. The molecule has 2 aromatic heterocycles. The fourth-order valence-corrected chi connectivity index (χ4v) is 1.61. The first-order valence-electron chi connectivity index (χ1n) is 5.11. The summed E-state index contributed by atoms with van der Waals surface area (Å²) in [6.07, 6.45) is 6.14. The summed E-state index contributed by atoms with van der Waals surface area (Å²) in [6, 6.07) is 1.69. The number of aromatic nitrogens is 3. The van der Waals surface area contributed by atoms with Crippen molar-refractivity contribution in [3.05, 3.63) is 41.0 Å². The molecule has 0 spiro atoms. The van der Waals surface area contributed by atoms with Crippen LogP contribution in [0.25, 0.3) is 0 Å². The van der Waals surface area contributed by atoms with E-state index in [9.17, 15) is 4.79 Å². The minimum atomic E-state index is -0.327. The molecule has 2 heterocycles. The highest BCUT2D eigenvalue weighted by molar-refractivity contribution is 9.10. The van der Waals surface area contributed by atoms with E-state index in [1.54, 1.807) is 31.7 Å². The van der Waals surface area contributed by atoms with E-state index in [0.29, 0.717) is 16.0 Å². The zero-order valence-corrected chi connectivity index (χ0v) is 11.1. The number of carbonyl (C=O) groups excluding carboxylic acids is 1. The summed E-state index contributed by atoms with van der Waals surface area (Å²) in [7, 11) is 1.71. The van der Waals surface area contributed by atoms with Crippen LogP contribution >= 0.6 is 15.9 Å². The average molecular weight is 308 g/mol. The number of hydrogen-bond donors (Lipinski definition) is 2. The predicted molar refractivity (Wildman–Crippen MR) is 71.5 cm³/mol. The van der Waals surface area contributed by atoms with Crippen molar-refractivity contribution < 1.29 is 4.79 Å². The summed E-state index contributed by atoms with van der Waals surface area (Å²) in [6.45, 7) is 0. The van der Waals surface area contributed by atoms with Crippen LogP contribution in [-0.4, -0.2) is 27.9 Å². The van der Waals surface area contributed by atoms with Crippen LogP contribution in [0.4, 0.5) is 11.5 Å². The standard InChI is InChI=1S/C11H10BrN5O/c1-13-10-6-15-5-9(16-10)11(18)17-8-2-3-14-4-7(8)12/h2-6H,1H3,(H,13,16)(H,14,17,18). The third kappa shape index (κ3) is 2.80. The monoisotopic (exact) mass is 307 g/mol. The third-order valence-electron chi connectivity index (χ3n) is 2.14. The molecule has 2 N–H and O–H groups in total. The highest BCUT2D eigenvalue weighted by Crippen LogP contribution is 2.20. The minimum absolute atomic E-state index is 0.241. The van der Waals surface area contributed by atoms with Gasteiger partial charge < -0.3 is 10.6 Å². The number of hydrogen-bond acceptors (Lipinski definition) is 5. The van der Waals surface area contributed by atoms with Gasteiger partial charge in [0.2, 0.25) is 0 Å². The Bertz CT molecular complexity index is 575. The second kappa shape index (κ2) is 5.54. The smallest absolute Gasteiger partial charge is 0.275 e. The van der Waals surface area contributed by atoms with Crippen LogP contribution < -0.4 is 10.6 Å². The Morgan fingerprint density at radius 2 is 2.11 bits per heavy atom. The molecule has 0 aliphatic rings. The maximum Gasteiger partial charge on any atom is 0.275 e. The molecule has 0 saturated carbocycles. The number of nitrogens with one attached hydrogen (secondary N) is 2. The van der Waals surface area contributed by atoms with Crippen molar-refractivity contribution in [2.24, 2.45) is 0 Å². The van der Waals surface area contributed by atoms with Gasteiger partial charge in [0.25, 0.3) is 5.91 Å². The Morgan fingerprint density at radius 1 is 1.28 bits per heavy atom. The Morgan fingerprint density at radius 3 is 2.83 bits per heavy atom. The molecule has 0 atom stereocenters. The largest absolute Gasteiger partial charge is 0.372 e. The van der Waals surface area contributed by atoms with E-state index in [-0.39, 0.29) is 11.6 Å². The first-order valence-corrected chi connectivity index (χ1v) is 5.90. The summed E-state index contributed by atoms with van der Waals surface area (Å²) in [5.74, 6) is 0.211. The topological polar surface area (TPSA) is 79.8 Å². The summed E-state index contributed by atoms with van der Waals surface area (Å²) < 4.78 is 0.705. The highest BCUT2D eigenvalue weighted by atomic mass is 79.9. The highest BCUT2D eigenvalue weighted by Gasteiger charge is 2.10. The zero-order chi connectivity index (χ0) is 13.0. The van der Waals surface area contributed by atoms with E-state index in [1.165, 1.54) is 6.20 Å². The molecular formula is C11H10BrN5O. The SMILES string of the molecule is CNc1cncc(C(=O)Nc2ccncc2Br)n1. The van der Waals surface area contributed by atoms with Gasteiger partial charge in [-0.05, 0) is 22.0 Å². The van der Waals surface area contributed by atoms with E-state index in [2.05, 4.69) is 41.5 Å². The van der Waals surface area contributed by atoms with Crippen LogP contribution in [0.1, 0.15) is 10.5 Å². The molecule has 0 aromatic carbocycles. The predicted octanol–water partition coefficient (Wildman–Crippen LogP) is 1.93. The van der Waals surface area contributed by atoms with Crippen molar-refractivity contribution in [3.63, 3.8) is 0 Å². The third-order valence-corrected chi connectivity index (χ3v) is 2.78. The molecule has 0 aliphatic carbocycles. The van der Waals surface area contributed by atoms with Gasteiger partial charge >= 0.3 is 0 Å². The molecule has 18 heavy (non-hydrogen) atoms. The number of halogens is 1. The average Bonchev–Trinajstić information content (AvgIpc) is 2.41. The molecule has 0 radical (unpaired) electrons. The molecule has 0 fully saturated rings. The summed E-state index contributed by atoms with van der Waals surface area (Å²) in [5.41, 5.74) is 0.872. The molecule has 0 unspecified atom stereocenters. The van der Waals surface area contributed by atoms with Crippen LogP contribution in [0.2, 0.25) is 0 Å². The first kappa shape index (κ1) is 12.4. The Labute approximate surface area is 112 Å². The maximum atomic E-state index is 12.0. The van der Waals surface area contributed by atoms with E-state index in [1.807, 2.05) is 0 Å². The van der Waals surface area contributed by atoms with Gasteiger partial charge in [0.15, 0.2) is 0 Å². The van der Waals surface area contributed by atoms with Crippen LogP contribution in [0.3, 0.4) is 0 Å². The van der Waals surface area contributed by atoms with Crippen molar-refractivity contribution in [1.29, 1.82) is 0 Å². The number of carbonyl (C=O) groups is 1. The number of anilines is 2. The molecule has 0 bridgehead atoms. The van der Waals surface area contributed by atoms with E-state index >= 15 is 0 Å². The molecule has 0 saturated heterocycles. The summed E-state index contributed by atoms with van der Waals surface area (Å²) >= 11 is 3.30. The molecule has 6 nitrogen and oxygen atoms in total. The van der Waals surface area contributed by atoms with Gasteiger partial charge in [-0.25, -0.2) is 4.98 Å². The summed E-state index contributed by atoms with van der Waals surface area (Å²) in [4.78, 5) is 23.9. The van der Waals surface area contributed by atoms with Gasteiger partial charge in [0.05, 0.1) is 22.6 Å². The van der Waals surface area contributed by atoms with Crippen molar-refractivity contribution in [3.8, 4) is 0 Å². The molecule has 1 amide bonds. The molecule has 0 aliphatic heterocycles. The molecule has 2 aromatic rings. The lowest BCUT2D eigenvalue weighted by atomic mass is 10.3. The Balaban J connectivity index is 2.19. The molecular weight excluding hydrogens is 298 g/mol. The van der Waals surface area contributed by atoms with Gasteiger partial charge in [0.1, 0.15) is 11.5 Å². The van der Waals surface area contributed by atoms with E-state index in [4.69, 9.17) is 0 Å². The second-order valence-electron chi connectivity index (χ2n) is 3.35. The normalized spacial score (nSPS) is 9.89.